The lowest BCUT2D eigenvalue weighted by atomic mass is 10.1. The van der Waals surface area contributed by atoms with Gasteiger partial charge in [-0.3, -0.25) is 9.59 Å². The van der Waals surface area contributed by atoms with Crippen LogP contribution >= 0.6 is 0 Å². The fourth-order valence-corrected chi connectivity index (χ4v) is 4.28. The number of aliphatic carboxylic acids is 1. The lowest BCUT2D eigenvalue weighted by Gasteiger charge is -2.27. The molecule has 2 amide bonds. The lowest BCUT2D eigenvalue weighted by molar-refractivity contribution is -0.163. The van der Waals surface area contributed by atoms with Crippen molar-refractivity contribution in [3.8, 4) is 11.5 Å². The fourth-order valence-electron chi connectivity index (χ4n) is 4.28. The maximum Gasteiger partial charge on any atom is 0.329 e. The van der Waals surface area contributed by atoms with Gasteiger partial charge in [0.1, 0.15) is 17.7 Å². The van der Waals surface area contributed by atoms with Crippen LogP contribution in [-0.2, 0) is 23.9 Å². The zero-order valence-electron chi connectivity index (χ0n) is 21.0. The summed E-state index contributed by atoms with van der Waals surface area (Å²) >= 11 is 0. The molecule has 2 fully saturated rings. The molecule has 2 saturated heterocycles. The van der Waals surface area contributed by atoms with Gasteiger partial charge in [0.05, 0.1) is 0 Å². The Kier molecular flexibility index (Phi) is 8.72. The molecule has 3 rings (SSSR count). The molecule has 1 aromatic rings. The highest BCUT2D eigenvalue weighted by Crippen LogP contribution is 2.35. The van der Waals surface area contributed by atoms with Gasteiger partial charge in [0.2, 0.25) is 23.3 Å². The van der Waals surface area contributed by atoms with Crippen LogP contribution in [0.4, 0.5) is 17.6 Å². The second-order valence-corrected chi connectivity index (χ2v) is 9.85. The molecule has 210 valence electrons. The average Bonchev–Trinajstić information content (AvgIpc) is 3.51. The normalized spacial score (nSPS) is 19.4. The minimum atomic E-state index is -2.01. The fraction of sp³-hybridized carbons (Fsp3) is 0.583. The third kappa shape index (κ3) is 6.27. The van der Waals surface area contributed by atoms with E-state index < -0.39 is 89.4 Å². The third-order valence-electron chi connectivity index (χ3n) is 5.97. The van der Waals surface area contributed by atoms with Gasteiger partial charge in [0.15, 0.2) is 24.7 Å². The van der Waals surface area contributed by atoms with Crippen LogP contribution in [0.2, 0.25) is 0 Å². The number of nitrogens with zero attached hydrogens (tertiary/aromatic N) is 2. The van der Waals surface area contributed by atoms with Crippen LogP contribution in [0.5, 0.6) is 11.5 Å². The summed E-state index contributed by atoms with van der Waals surface area (Å²) in [6.07, 6.45) is 1.31. The number of halogens is 4. The maximum absolute atomic E-state index is 14.6. The van der Waals surface area contributed by atoms with Gasteiger partial charge in [-0.25, -0.2) is 9.59 Å². The number of esters is 1. The van der Waals surface area contributed by atoms with E-state index in [0.717, 1.165) is 9.80 Å². The molecule has 0 saturated carbocycles. The summed E-state index contributed by atoms with van der Waals surface area (Å²) in [6, 6.07) is -2.09. The summed E-state index contributed by atoms with van der Waals surface area (Å²) in [5.41, 5.74) is -0.812. The van der Waals surface area contributed by atoms with Gasteiger partial charge in [-0.1, -0.05) is 0 Å². The molecule has 0 bridgehead atoms. The number of carboxylic acid groups (broad SMARTS) is 1. The van der Waals surface area contributed by atoms with E-state index in [1.807, 2.05) is 0 Å². The molecule has 0 aliphatic carbocycles. The first-order valence-corrected chi connectivity index (χ1v) is 11.9. The Morgan fingerprint density at radius 1 is 0.789 bits per heavy atom. The van der Waals surface area contributed by atoms with E-state index in [4.69, 9.17) is 14.6 Å². The highest BCUT2D eigenvalue weighted by Gasteiger charge is 2.38. The molecule has 2 heterocycles. The Labute approximate surface area is 215 Å². The molecule has 1 aromatic carbocycles. The van der Waals surface area contributed by atoms with Crippen molar-refractivity contribution in [1.82, 2.24) is 9.80 Å². The first-order valence-electron chi connectivity index (χ1n) is 11.9. The average molecular weight is 548 g/mol. The number of hydrogen-bond acceptors (Lipinski definition) is 7. The predicted molar refractivity (Wildman–Crippen MR) is 120 cm³/mol. The second-order valence-electron chi connectivity index (χ2n) is 9.85. The van der Waals surface area contributed by atoms with Gasteiger partial charge < -0.3 is 29.1 Å². The van der Waals surface area contributed by atoms with E-state index in [1.54, 1.807) is 20.8 Å². The van der Waals surface area contributed by atoms with Crippen molar-refractivity contribution < 1.29 is 56.1 Å². The molecule has 2 aliphatic rings. The van der Waals surface area contributed by atoms with Crippen molar-refractivity contribution in [1.29, 1.82) is 0 Å². The summed E-state index contributed by atoms with van der Waals surface area (Å²) in [5, 5.41) is 9.14. The monoisotopic (exact) mass is 548 g/mol. The topological polar surface area (TPSA) is 123 Å². The zero-order chi connectivity index (χ0) is 28.4. The van der Waals surface area contributed by atoms with Crippen molar-refractivity contribution in [2.45, 2.75) is 64.1 Å². The second kappa shape index (κ2) is 11.4. The molecule has 14 heteroatoms. The maximum atomic E-state index is 14.6. The van der Waals surface area contributed by atoms with Crippen LogP contribution in [0.3, 0.4) is 0 Å². The summed E-state index contributed by atoms with van der Waals surface area (Å²) in [6.45, 7) is 3.04. The van der Waals surface area contributed by atoms with Crippen molar-refractivity contribution in [2.24, 2.45) is 0 Å². The minimum Gasteiger partial charge on any atom is -0.480 e. The number of carboxylic acids is 1. The van der Waals surface area contributed by atoms with Gasteiger partial charge in [-0.15, -0.1) is 0 Å². The molecule has 1 N–H and O–H groups in total. The molecule has 0 spiro atoms. The van der Waals surface area contributed by atoms with Gasteiger partial charge in [0.25, 0.3) is 11.8 Å². The lowest BCUT2D eigenvalue weighted by Crippen LogP contribution is -2.45. The molecular formula is C24H28F4N2O8. The molecule has 0 radical (unpaired) electrons. The number of hydrogen-bond donors (Lipinski definition) is 1. The number of carbonyl (C=O) groups is 4. The van der Waals surface area contributed by atoms with Crippen LogP contribution < -0.4 is 9.47 Å². The first-order chi connectivity index (χ1) is 17.7. The summed E-state index contributed by atoms with van der Waals surface area (Å²) < 4.78 is 72.9. The van der Waals surface area contributed by atoms with E-state index >= 15 is 0 Å². The van der Waals surface area contributed by atoms with Crippen molar-refractivity contribution >= 4 is 23.8 Å². The predicted octanol–water partition coefficient (Wildman–Crippen LogP) is 2.41. The molecule has 0 unspecified atom stereocenters. The van der Waals surface area contributed by atoms with Crippen molar-refractivity contribution in [3.05, 3.63) is 23.3 Å². The van der Waals surface area contributed by atoms with Gasteiger partial charge in [0, 0.05) is 13.1 Å². The summed E-state index contributed by atoms with van der Waals surface area (Å²) in [5.74, 6) is -14.8. The zero-order valence-corrected chi connectivity index (χ0v) is 21.0. The molecular weight excluding hydrogens is 520 g/mol. The van der Waals surface area contributed by atoms with Crippen LogP contribution in [0.15, 0.2) is 0 Å². The Morgan fingerprint density at radius 2 is 1.18 bits per heavy atom. The highest BCUT2D eigenvalue weighted by molar-refractivity contribution is 5.86. The van der Waals surface area contributed by atoms with Crippen LogP contribution in [0.1, 0.15) is 46.5 Å². The SMILES string of the molecule is CC(C)(C)OC(=O)[C@H]1CCCN1C(=O)COc1c(F)c(F)c(OCC(=O)N2CCC[C@@H]2C(=O)O)c(F)c1F. The molecule has 38 heavy (non-hydrogen) atoms. The quantitative estimate of drug-likeness (QED) is 0.299. The van der Waals surface area contributed by atoms with E-state index in [1.165, 1.54) is 0 Å². The Hall–Kier alpha value is -3.58. The number of benzene rings is 1. The summed E-state index contributed by atoms with van der Waals surface area (Å²) in [7, 11) is 0. The Morgan fingerprint density at radius 3 is 1.58 bits per heavy atom. The number of amides is 2. The van der Waals surface area contributed by atoms with E-state index in [-0.39, 0.29) is 19.5 Å². The number of ether oxygens (including phenoxy) is 3. The molecule has 10 nitrogen and oxygen atoms in total. The molecule has 2 atom stereocenters. The van der Waals surface area contributed by atoms with Crippen LogP contribution in [-0.4, -0.2) is 82.6 Å². The minimum absolute atomic E-state index is 0.0689. The van der Waals surface area contributed by atoms with Crippen LogP contribution in [0, 0.1) is 23.3 Å². The molecule has 2 aliphatic heterocycles. The summed E-state index contributed by atoms with van der Waals surface area (Å²) in [4.78, 5) is 50.5. The Bertz CT molecular complexity index is 1090. The van der Waals surface area contributed by atoms with E-state index in [9.17, 15) is 36.7 Å². The highest BCUT2D eigenvalue weighted by atomic mass is 19.2. The smallest absolute Gasteiger partial charge is 0.329 e. The largest absolute Gasteiger partial charge is 0.480 e. The van der Waals surface area contributed by atoms with Gasteiger partial charge >= 0.3 is 11.9 Å². The standard InChI is InChI=1S/C24H28F4N2O8/c1-24(2,3)38-23(35)13-7-5-9-30(13)15(32)11-37-21-18(27)16(25)20(17(26)19(21)28)36-10-14(31)29-8-4-6-12(29)22(33)34/h12-13H,4-11H2,1-3H3,(H,33,34)/t12-,13-/m1/s1. The van der Waals surface area contributed by atoms with Crippen molar-refractivity contribution in [2.75, 3.05) is 26.3 Å². The van der Waals surface area contributed by atoms with E-state index in [0.29, 0.717) is 19.3 Å². The number of rotatable bonds is 8. The van der Waals surface area contributed by atoms with Gasteiger partial charge in [-0.05, 0) is 46.5 Å². The number of likely N-dealkylation sites (tertiary alicyclic amines) is 2. The van der Waals surface area contributed by atoms with Crippen LogP contribution in [0.25, 0.3) is 0 Å². The van der Waals surface area contributed by atoms with Gasteiger partial charge in [-0.2, -0.15) is 17.6 Å². The third-order valence-corrected chi connectivity index (χ3v) is 5.97. The number of carbonyl (C=O) groups excluding carboxylic acids is 3. The van der Waals surface area contributed by atoms with E-state index in [2.05, 4.69) is 4.74 Å². The Balaban J connectivity index is 1.68. The first kappa shape index (κ1) is 29.0. The van der Waals surface area contributed by atoms with Crippen molar-refractivity contribution in [3.63, 3.8) is 0 Å². The molecule has 0 aromatic heterocycles.